The molecule has 1 saturated heterocycles. The van der Waals surface area contributed by atoms with Crippen molar-refractivity contribution in [1.29, 1.82) is 0 Å². The maximum atomic E-state index is 13.5. The molecule has 1 aromatic heterocycles. The molecule has 252 valence electrons. The van der Waals surface area contributed by atoms with Crippen molar-refractivity contribution in [2.24, 2.45) is 5.73 Å². The van der Waals surface area contributed by atoms with Crippen molar-refractivity contribution in [3.63, 3.8) is 0 Å². The standard InChI is InChI=1S/C32H39ClN6O8/c1-3-20-8-4-5-10-23(20)36-28(40)25-27(24-21(33)12-11-19(2)26(24)37-29(25)41)46-18-47-32(45)39-16-14-38(15-17-39)31(44)35-13-7-6-9-22(34)30(42)43/h4-5,8,10-12,22H,3,6-7,9,13-18,34H2,1-2H3,(H,35,44)(H,36,40)(H,37,41)(H,42,43)/t22-/m0/s1. The van der Waals surface area contributed by atoms with Gasteiger partial charge in [0.1, 0.15) is 11.6 Å². The lowest BCUT2D eigenvalue weighted by Gasteiger charge is -2.34. The van der Waals surface area contributed by atoms with E-state index < -0.39 is 36.4 Å². The SMILES string of the molecule is CCc1ccccc1NC(=O)c1c(OCOC(=O)N2CCN(C(=O)NCCCC[C@H](N)C(=O)O)CC2)c2c(Cl)ccc(C)c2[nH]c1=O. The Hall–Kier alpha value is -4.82. The topological polar surface area (TPSA) is 196 Å². The molecule has 47 heavy (non-hydrogen) atoms. The number of anilines is 1. The van der Waals surface area contributed by atoms with Gasteiger partial charge in [-0.1, -0.05) is 42.8 Å². The van der Waals surface area contributed by atoms with Crippen LogP contribution in [0.15, 0.2) is 41.2 Å². The van der Waals surface area contributed by atoms with Crippen LogP contribution < -0.4 is 26.7 Å². The quantitative estimate of drug-likeness (QED) is 0.141. The minimum atomic E-state index is -1.05. The molecular formula is C32H39ClN6O8. The highest BCUT2D eigenvalue weighted by molar-refractivity contribution is 6.36. The maximum absolute atomic E-state index is 13.5. The zero-order valence-corrected chi connectivity index (χ0v) is 27.0. The van der Waals surface area contributed by atoms with E-state index in [1.165, 1.54) is 4.90 Å². The summed E-state index contributed by atoms with van der Waals surface area (Å²) in [6, 6.07) is 9.36. The summed E-state index contributed by atoms with van der Waals surface area (Å²) in [5.41, 5.74) is 6.95. The van der Waals surface area contributed by atoms with Crippen LogP contribution in [0.3, 0.4) is 0 Å². The molecule has 1 fully saturated rings. The Balaban J connectivity index is 1.38. The van der Waals surface area contributed by atoms with Gasteiger partial charge in [-0.05, 0) is 55.9 Å². The van der Waals surface area contributed by atoms with Crippen LogP contribution in [0.25, 0.3) is 10.9 Å². The molecule has 14 nitrogen and oxygen atoms in total. The van der Waals surface area contributed by atoms with Crippen LogP contribution in [-0.2, 0) is 16.0 Å². The number of pyridine rings is 1. The third-order valence-corrected chi connectivity index (χ3v) is 8.22. The molecule has 0 saturated carbocycles. The van der Waals surface area contributed by atoms with Gasteiger partial charge >= 0.3 is 18.1 Å². The first-order valence-electron chi connectivity index (χ1n) is 15.3. The van der Waals surface area contributed by atoms with E-state index in [2.05, 4.69) is 15.6 Å². The minimum Gasteiger partial charge on any atom is -0.480 e. The molecule has 1 aliphatic rings. The number of aromatic amines is 1. The molecule has 2 aromatic carbocycles. The number of para-hydroxylation sites is 1. The van der Waals surface area contributed by atoms with Crippen LogP contribution in [0.5, 0.6) is 5.75 Å². The van der Waals surface area contributed by atoms with Crippen molar-refractivity contribution < 1.29 is 33.8 Å². The molecule has 0 radical (unpaired) electrons. The number of aryl methyl sites for hydroxylation is 2. The van der Waals surface area contributed by atoms with E-state index in [0.29, 0.717) is 54.4 Å². The Morgan fingerprint density at radius 3 is 2.47 bits per heavy atom. The van der Waals surface area contributed by atoms with Crippen molar-refractivity contribution in [3.8, 4) is 5.75 Å². The number of ether oxygens (including phenoxy) is 2. The molecule has 0 spiro atoms. The minimum absolute atomic E-state index is 0.122. The number of piperazine rings is 1. The Bertz CT molecular complexity index is 1690. The van der Waals surface area contributed by atoms with Crippen molar-refractivity contribution in [1.82, 2.24) is 20.1 Å². The lowest BCUT2D eigenvalue weighted by atomic mass is 10.1. The molecule has 1 atom stereocenters. The number of urea groups is 1. The van der Waals surface area contributed by atoms with E-state index in [1.807, 2.05) is 19.1 Å². The molecule has 0 unspecified atom stereocenters. The highest BCUT2D eigenvalue weighted by atomic mass is 35.5. The second-order valence-corrected chi connectivity index (χ2v) is 11.5. The molecule has 0 aliphatic carbocycles. The lowest BCUT2D eigenvalue weighted by molar-refractivity contribution is -0.138. The number of benzene rings is 2. The first-order valence-corrected chi connectivity index (χ1v) is 15.7. The predicted molar refractivity (Wildman–Crippen MR) is 176 cm³/mol. The molecular weight excluding hydrogens is 632 g/mol. The fourth-order valence-electron chi connectivity index (χ4n) is 5.20. The zero-order chi connectivity index (χ0) is 34.1. The van der Waals surface area contributed by atoms with Crippen LogP contribution in [0.1, 0.15) is 47.7 Å². The molecule has 6 N–H and O–H groups in total. The van der Waals surface area contributed by atoms with E-state index >= 15 is 0 Å². The molecule has 4 rings (SSSR count). The van der Waals surface area contributed by atoms with Crippen LogP contribution in [0.2, 0.25) is 5.02 Å². The maximum Gasteiger partial charge on any atom is 0.412 e. The first-order chi connectivity index (χ1) is 22.5. The number of aromatic nitrogens is 1. The van der Waals surface area contributed by atoms with Crippen molar-refractivity contribution in [2.45, 2.75) is 45.6 Å². The predicted octanol–water partition coefficient (Wildman–Crippen LogP) is 3.69. The number of nitrogens with zero attached hydrogens (tertiary/aromatic N) is 2. The Morgan fingerprint density at radius 1 is 1.06 bits per heavy atom. The Morgan fingerprint density at radius 2 is 1.77 bits per heavy atom. The number of rotatable bonds is 12. The summed E-state index contributed by atoms with van der Waals surface area (Å²) >= 11 is 6.53. The van der Waals surface area contributed by atoms with E-state index in [1.54, 1.807) is 36.1 Å². The molecule has 2 heterocycles. The molecule has 15 heteroatoms. The number of carbonyl (C=O) groups is 4. The van der Waals surface area contributed by atoms with Gasteiger partial charge in [-0.15, -0.1) is 0 Å². The number of nitrogens with one attached hydrogen (secondary N) is 3. The van der Waals surface area contributed by atoms with Crippen molar-refractivity contribution >= 4 is 52.2 Å². The number of aliphatic carboxylic acids is 1. The highest BCUT2D eigenvalue weighted by Gasteiger charge is 2.27. The van der Waals surface area contributed by atoms with Crippen molar-refractivity contribution in [2.75, 3.05) is 44.8 Å². The van der Waals surface area contributed by atoms with Gasteiger partial charge in [0.2, 0.25) is 6.79 Å². The molecule has 3 aromatic rings. The third kappa shape index (κ3) is 8.71. The van der Waals surface area contributed by atoms with E-state index in [-0.39, 0.29) is 48.5 Å². The van der Waals surface area contributed by atoms with Crippen molar-refractivity contribution in [3.05, 3.63) is 68.5 Å². The number of fused-ring (bicyclic) bond motifs is 1. The number of hydrogen-bond donors (Lipinski definition) is 5. The van der Waals surface area contributed by atoms with Gasteiger partial charge in [0.05, 0.1) is 15.9 Å². The van der Waals surface area contributed by atoms with Gasteiger partial charge in [0.15, 0.2) is 5.75 Å². The zero-order valence-electron chi connectivity index (χ0n) is 26.3. The molecule has 4 amide bonds. The van der Waals surface area contributed by atoms with Crippen LogP contribution in [0, 0.1) is 6.92 Å². The van der Waals surface area contributed by atoms with Crippen LogP contribution in [-0.4, -0.2) is 89.4 Å². The number of carboxylic acids is 1. The number of nitrogens with two attached hydrogens (primary N) is 1. The van der Waals surface area contributed by atoms with Gasteiger partial charge in [-0.2, -0.15) is 0 Å². The Labute approximate surface area is 276 Å². The highest BCUT2D eigenvalue weighted by Crippen LogP contribution is 2.35. The smallest absolute Gasteiger partial charge is 0.412 e. The van der Waals surface area contributed by atoms with Gasteiger partial charge in [0.25, 0.3) is 11.5 Å². The second kappa shape index (κ2) is 16.1. The monoisotopic (exact) mass is 670 g/mol. The lowest BCUT2D eigenvalue weighted by Crippen LogP contribution is -2.53. The summed E-state index contributed by atoms with van der Waals surface area (Å²) in [7, 11) is 0. The molecule has 0 bridgehead atoms. The fourth-order valence-corrected chi connectivity index (χ4v) is 5.44. The second-order valence-electron chi connectivity index (χ2n) is 11.1. The number of amides is 4. The van der Waals surface area contributed by atoms with E-state index in [9.17, 15) is 24.0 Å². The summed E-state index contributed by atoms with van der Waals surface area (Å²) in [6.07, 6.45) is 1.43. The normalized spacial score (nSPS) is 13.6. The third-order valence-electron chi connectivity index (χ3n) is 7.90. The summed E-state index contributed by atoms with van der Waals surface area (Å²) in [4.78, 5) is 68.7. The van der Waals surface area contributed by atoms with Gasteiger partial charge < -0.3 is 45.7 Å². The average Bonchev–Trinajstić information content (AvgIpc) is 3.06. The summed E-state index contributed by atoms with van der Waals surface area (Å²) in [5.74, 6) is -1.89. The largest absolute Gasteiger partial charge is 0.480 e. The number of carbonyl (C=O) groups excluding carboxylic acids is 3. The van der Waals surface area contributed by atoms with Crippen LogP contribution in [0.4, 0.5) is 15.3 Å². The van der Waals surface area contributed by atoms with Gasteiger partial charge in [0, 0.05) is 38.4 Å². The first kappa shape index (κ1) is 35.0. The van der Waals surface area contributed by atoms with Crippen LogP contribution >= 0.6 is 11.6 Å². The van der Waals surface area contributed by atoms with Gasteiger partial charge in [-0.3, -0.25) is 14.4 Å². The summed E-state index contributed by atoms with van der Waals surface area (Å²) in [5, 5.41) is 14.9. The fraction of sp³-hybridized carbons (Fsp3) is 0.406. The summed E-state index contributed by atoms with van der Waals surface area (Å²) < 4.78 is 11.2. The number of carboxylic acid groups (broad SMARTS) is 1. The number of hydrogen-bond acceptors (Lipinski definition) is 8. The molecule has 1 aliphatic heterocycles. The van der Waals surface area contributed by atoms with E-state index in [0.717, 1.165) is 5.56 Å². The van der Waals surface area contributed by atoms with Gasteiger partial charge in [-0.25, -0.2) is 9.59 Å². The Kier molecular flexibility index (Phi) is 12.0. The number of unbranched alkanes of at least 4 members (excludes halogenated alkanes) is 1. The number of H-pyrrole nitrogens is 1. The van der Waals surface area contributed by atoms with E-state index in [4.69, 9.17) is 31.9 Å². The number of halogens is 1. The average molecular weight is 671 g/mol. The summed E-state index contributed by atoms with van der Waals surface area (Å²) in [6.45, 7) is 4.43.